The molecular weight excluding hydrogens is 252 g/mol. The Morgan fingerprint density at radius 1 is 1.61 bits per heavy atom. The normalized spacial score (nSPS) is 16.4. The molecule has 0 saturated carbocycles. The number of hydrogen-bond acceptors (Lipinski definition) is 5. The van der Waals surface area contributed by atoms with E-state index < -0.39 is 12.0 Å². The van der Waals surface area contributed by atoms with Crippen molar-refractivity contribution in [3.63, 3.8) is 0 Å². The number of aliphatic hydroxyl groups excluding tert-OH is 1. The number of nitrogens with two attached hydrogens (primary N) is 1. The number of fused-ring (bicyclic) bond motifs is 1. The standard InChI is InChI=1S/C12H14N2O3S/c1-7(15)12(17)14-9-4-8(5-13)2-3-10(9)18-6-11(14)16/h2-4,7,15H,5-6,13H2,1H3. The smallest absolute Gasteiger partial charge is 0.262 e. The Balaban J connectivity index is 2.48. The van der Waals surface area contributed by atoms with Gasteiger partial charge in [-0.15, -0.1) is 11.8 Å². The Morgan fingerprint density at radius 2 is 2.33 bits per heavy atom. The van der Waals surface area contributed by atoms with Crippen LogP contribution in [0.3, 0.4) is 0 Å². The molecule has 1 unspecified atom stereocenters. The molecule has 2 amide bonds. The quantitative estimate of drug-likeness (QED) is 0.814. The number of carbonyl (C=O) groups is 2. The van der Waals surface area contributed by atoms with Gasteiger partial charge in [0.1, 0.15) is 6.10 Å². The van der Waals surface area contributed by atoms with E-state index in [1.807, 2.05) is 12.1 Å². The Labute approximate surface area is 109 Å². The van der Waals surface area contributed by atoms with Crippen LogP contribution in [0.4, 0.5) is 5.69 Å². The SMILES string of the molecule is CC(O)C(=O)N1C(=O)CSc2ccc(CN)cc21. The van der Waals surface area contributed by atoms with Crippen LogP contribution in [0.25, 0.3) is 0 Å². The van der Waals surface area contributed by atoms with E-state index in [2.05, 4.69) is 0 Å². The van der Waals surface area contributed by atoms with E-state index in [4.69, 9.17) is 5.73 Å². The van der Waals surface area contributed by atoms with Crippen molar-refractivity contribution in [2.24, 2.45) is 5.73 Å². The third-order valence-electron chi connectivity index (χ3n) is 2.68. The van der Waals surface area contributed by atoms with Crippen LogP contribution in [-0.4, -0.2) is 28.8 Å². The lowest BCUT2D eigenvalue weighted by molar-refractivity contribution is -0.130. The lowest BCUT2D eigenvalue weighted by Crippen LogP contribution is -2.45. The van der Waals surface area contributed by atoms with E-state index in [0.29, 0.717) is 12.2 Å². The van der Waals surface area contributed by atoms with Crippen LogP contribution in [0.5, 0.6) is 0 Å². The van der Waals surface area contributed by atoms with E-state index in [1.165, 1.54) is 18.7 Å². The zero-order valence-corrected chi connectivity index (χ0v) is 10.7. The minimum Gasteiger partial charge on any atom is -0.384 e. The molecule has 0 fully saturated rings. The average molecular weight is 266 g/mol. The van der Waals surface area contributed by atoms with E-state index in [1.54, 1.807) is 6.07 Å². The van der Waals surface area contributed by atoms with Crippen LogP contribution in [0.1, 0.15) is 12.5 Å². The molecule has 1 aliphatic heterocycles. The van der Waals surface area contributed by atoms with Gasteiger partial charge < -0.3 is 10.8 Å². The second-order valence-electron chi connectivity index (χ2n) is 4.04. The van der Waals surface area contributed by atoms with E-state index in [0.717, 1.165) is 15.4 Å². The number of aliphatic hydroxyl groups is 1. The van der Waals surface area contributed by atoms with Gasteiger partial charge in [-0.05, 0) is 24.6 Å². The van der Waals surface area contributed by atoms with Crippen LogP contribution >= 0.6 is 11.8 Å². The Morgan fingerprint density at radius 3 is 2.94 bits per heavy atom. The molecule has 0 saturated heterocycles. The van der Waals surface area contributed by atoms with Gasteiger partial charge in [0.15, 0.2) is 0 Å². The molecule has 2 rings (SSSR count). The van der Waals surface area contributed by atoms with Crippen molar-refractivity contribution < 1.29 is 14.7 Å². The van der Waals surface area contributed by atoms with Gasteiger partial charge in [0.2, 0.25) is 5.91 Å². The maximum atomic E-state index is 11.9. The van der Waals surface area contributed by atoms with Crippen LogP contribution in [0, 0.1) is 0 Å². The zero-order valence-electron chi connectivity index (χ0n) is 9.92. The summed E-state index contributed by atoms with van der Waals surface area (Å²) >= 11 is 1.38. The lowest BCUT2D eigenvalue weighted by Gasteiger charge is -2.28. The van der Waals surface area contributed by atoms with Crippen molar-refractivity contribution in [2.45, 2.75) is 24.5 Å². The number of thioether (sulfide) groups is 1. The molecule has 6 heteroatoms. The predicted octanol–water partition coefficient (Wildman–Crippen LogP) is 0.491. The number of imide groups is 1. The summed E-state index contributed by atoms with van der Waals surface area (Å²) in [6, 6.07) is 5.43. The molecule has 5 nitrogen and oxygen atoms in total. The monoisotopic (exact) mass is 266 g/mol. The van der Waals surface area contributed by atoms with Crippen LogP contribution < -0.4 is 10.6 Å². The minimum atomic E-state index is -1.20. The van der Waals surface area contributed by atoms with E-state index >= 15 is 0 Å². The molecule has 1 atom stereocenters. The fraction of sp³-hybridized carbons (Fsp3) is 0.333. The molecule has 0 radical (unpaired) electrons. The number of hydrogen-bond donors (Lipinski definition) is 2. The van der Waals surface area contributed by atoms with Gasteiger partial charge in [-0.2, -0.15) is 0 Å². The van der Waals surface area contributed by atoms with Gasteiger partial charge in [0.25, 0.3) is 5.91 Å². The summed E-state index contributed by atoms with van der Waals surface area (Å²) in [5.41, 5.74) is 6.91. The molecule has 0 spiro atoms. The molecule has 1 aromatic carbocycles. The first-order chi connectivity index (χ1) is 8.54. The van der Waals surface area contributed by atoms with Gasteiger partial charge in [0.05, 0.1) is 11.4 Å². The number of carbonyl (C=O) groups excluding carboxylic acids is 2. The third-order valence-corrected chi connectivity index (χ3v) is 3.73. The third kappa shape index (κ3) is 2.27. The van der Waals surface area contributed by atoms with E-state index in [-0.39, 0.29) is 11.7 Å². The number of nitrogens with zero attached hydrogens (tertiary/aromatic N) is 1. The maximum Gasteiger partial charge on any atom is 0.262 e. The summed E-state index contributed by atoms with van der Waals surface area (Å²) in [5, 5.41) is 9.37. The highest BCUT2D eigenvalue weighted by Gasteiger charge is 2.32. The first-order valence-corrected chi connectivity index (χ1v) is 6.54. The minimum absolute atomic E-state index is 0.202. The van der Waals surface area contributed by atoms with Gasteiger partial charge in [-0.3, -0.25) is 9.59 Å². The molecule has 18 heavy (non-hydrogen) atoms. The zero-order chi connectivity index (χ0) is 13.3. The van der Waals surface area contributed by atoms with Crippen molar-refractivity contribution in [3.05, 3.63) is 23.8 Å². The van der Waals surface area contributed by atoms with Crippen LogP contribution in [-0.2, 0) is 16.1 Å². The summed E-state index contributed by atoms with van der Waals surface area (Å²) < 4.78 is 0. The highest BCUT2D eigenvalue weighted by molar-refractivity contribution is 8.00. The Bertz CT molecular complexity index is 502. The largest absolute Gasteiger partial charge is 0.384 e. The second kappa shape index (κ2) is 5.09. The highest BCUT2D eigenvalue weighted by Crippen LogP contribution is 2.36. The summed E-state index contributed by atoms with van der Waals surface area (Å²) in [6.45, 7) is 1.69. The van der Waals surface area contributed by atoms with E-state index in [9.17, 15) is 14.7 Å². The van der Waals surface area contributed by atoms with Gasteiger partial charge in [0, 0.05) is 11.4 Å². The molecule has 0 bridgehead atoms. The first-order valence-electron chi connectivity index (χ1n) is 5.55. The van der Waals surface area contributed by atoms with Crippen molar-refractivity contribution >= 4 is 29.3 Å². The summed E-state index contributed by atoms with van der Waals surface area (Å²) in [5.74, 6) is -0.712. The molecule has 1 heterocycles. The molecule has 96 valence electrons. The fourth-order valence-corrected chi connectivity index (χ4v) is 2.62. The van der Waals surface area contributed by atoms with Crippen molar-refractivity contribution in [3.8, 4) is 0 Å². The maximum absolute atomic E-state index is 11.9. The molecule has 0 aromatic heterocycles. The van der Waals surface area contributed by atoms with Crippen molar-refractivity contribution in [1.29, 1.82) is 0 Å². The van der Waals surface area contributed by atoms with Gasteiger partial charge in [-0.25, -0.2) is 4.90 Å². The molecule has 3 N–H and O–H groups in total. The van der Waals surface area contributed by atoms with Gasteiger partial charge in [-0.1, -0.05) is 6.07 Å². The van der Waals surface area contributed by atoms with Crippen molar-refractivity contribution in [2.75, 3.05) is 10.7 Å². The summed E-state index contributed by atoms with van der Waals surface area (Å²) in [6.07, 6.45) is -1.20. The number of amides is 2. The van der Waals surface area contributed by atoms with Gasteiger partial charge >= 0.3 is 0 Å². The van der Waals surface area contributed by atoms with Crippen LogP contribution in [0.2, 0.25) is 0 Å². The summed E-state index contributed by atoms with van der Waals surface area (Å²) in [7, 11) is 0. The second-order valence-corrected chi connectivity index (χ2v) is 5.06. The number of anilines is 1. The molecule has 1 aromatic rings. The van der Waals surface area contributed by atoms with Crippen LogP contribution in [0.15, 0.2) is 23.1 Å². The van der Waals surface area contributed by atoms with Crippen molar-refractivity contribution in [1.82, 2.24) is 0 Å². The average Bonchev–Trinajstić information content (AvgIpc) is 2.37. The first kappa shape index (κ1) is 13.1. The fourth-order valence-electron chi connectivity index (χ4n) is 1.75. The lowest BCUT2D eigenvalue weighted by atomic mass is 10.1. The topological polar surface area (TPSA) is 83.6 Å². The number of rotatable bonds is 2. The number of benzene rings is 1. The Kier molecular flexibility index (Phi) is 3.70. The predicted molar refractivity (Wildman–Crippen MR) is 69.2 cm³/mol. The molecular formula is C12H14N2O3S. The Hall–Kier alpha value is -1.37. The highest BCUT2D eigenvalue weighted by atomic mass is 32.2. The molecule has 0 aliphatic carbocycles. The summed E-state index contributed by atoms with van der Waals surface area (Å²) in [4.78, 5) is 25.6. The molecule has 1 aliphatic rings.